The van der Waals surface area contributed by atoms with E-state index in [-0.39, 0.29) is 11.1 Å². The van der Waals surface area contributed by atoms with Crippen molar-refractivity contribution < 1.29 is 10.2 Å². The van der Waals surface area contributed by atoms with Crippen molar-refractivity contribution in [1.82, 2.24) is 23.6 Å². The minimum atomic E-state index is -1.27. The van der Waals surface area contributed by atoms with Gasteiger partial charge in [-0.1, -0.05) is 56.3 Å². The average molecular weight is 524 g/mol. The lowest BCUT2D eigenvalue weighted by Crippen LogP contribution is -2.42. The molecule has 0 aliphatic rings. The molecule has 0 saturated carbocycles. The molecule has 0 unspecified atom stereocenters. The molecule has 0 atom stereocenters. The maximum absolute atomic E-state index is 13.2. The second-order valence-electron chi connectivity index (χ2n) is 8.88. The lowest BCUT2D eigenvalue weighted by Gasteiger charge is -2.22. The number of rotatable bonds is 5. The second-order valence-corrected chi connectivity index (χ2v) is 8.88. The number of aromatic hydroxyl groups is 2. The third-order valence-corrected chi connectivity index (χ3v) is 6.52. The van der Waals surface area contributed by atoms with Crippen molar-refractivity contribution in [2.75, 3.05) is 13.1 Å². The summed E-state index contributed by atoms with van der Waals surface area (Å²) in [6.45, 7) is 6.39. The van der Waals surface area contributed by atoms with Crippen molar-refractivity contribution in [1.29, 1.82) is 0 Å². The van der Waals surface area contributed by atoms with Crippen LogP contribution in [0.1, 0.15) is 36.5 Å². The molecule has 0 bridgehead atoms. The van der Waals surface area contributed by atoms with Crippen molar-refractivity contribution in [3.8, 4) is 11.8 Å². The van der Waals surface area contributed by atoms with Gasteiger partial charge in [-0.2, -0.15) is 0 Å². The predicted molar refractivity (Wildman–Crippen MR) is 146 cm³/mol. The van der Waals surface area contributed by atoms with E-state index < -0.39 is 40.2 Å². The number of nitrogens with zero attached hydrogens (tertiary/aromatic N) is 4. The van der Waals surface area contributed by atoms with Gasteiger partial charge >= 0.3 is 11.4 Å². The van der Waals surface area contributed by atoms with Crippen LogP contribution in [0.25, 0.3) is 10.8 Å². The Bertz CT molecular complexity index is 1640. The molecule has 0 fully saturated rings. The van der Waals surface area contributed by atoms with Crippen LogP contribution in [-0.4, -0.2) is 41.6 Å². The number of hydrogen-bond acceptors (Lipinski definition) is 7. The van der Waals surface area contributed by atoms with Crippen LogP contribution in [0.2, 0.25) is 0 Å². The fraction of sp³-hybridized carbons (Fsp3) is 0.333. The van der Waals surface area contributed by atoms with E-state index in [0.29, 0.717) is 5.56 Å². The summed E-state index contributed by atoms with van der Waals surface area (Å²) in [5.41, 5.74) is -3.31. The molecule has 2 aromatic heterocycles. The molecule has 202 valence electrons. The van der Waals surface area contributed by atoms with E-state index in [2.05, 4.69) is 19.2 Å². The first-order chi connectivity index (χ1) is 18.0. The first-order valence-electron chi connectivity index (χ1n) is 12.1. The Kier molecular flexibility index (Phi) is 8.42. The maximum atomic E-state index is 13.2. The highest BCUT2D eigenvalue weighted by atomic mass is 16.3. The van der Waals surface area contributed by atoms with Gasteiger partial charge in [0.1, 0.15) is 0 Å². The number of aromatic nitrogens is 4. The van der Waals surface area contributed by atoms with Gasteiger partial charge in [0.15, 0.2) is 0 Å². The molecule has 0 aliphatic heterocycles. The van der Waals surface area contributed by atoms with Gasteiger partial charge in [-0.25, -0.2) is 9.59 Å². The van der Waals surface area contributed by atoms with Gasteiger partial charge in [-0.3, -0.25) is 27.9 Å². The molecule has 4 rings (SSSR count). The topological polar surface area (TPSA) is 140 Å². The quantitative estimate of drug-likeness (QED) is 0.352. The van der Waals surface area contributed by atoms with Crippen LogP contribution in [0.5, 0.6) is 11.8 Å². The molecule has 0 spiro atoms. The van der Waals surface area contributed by atoms with E-state index in [1.165, 1.54) is 28.2 Å². The maximum Gasteiger partial charge on any atom is 0.333 e. The van der Waals surface area contributed by atoms with Crippen molar-refractivity contribution in [2.45, 2.75) is 19.8 Å². The van der Waals surface area contributed by atoms with Gasteiger partial charge in [0, 0.05) is 28.2 Å². The van der Waals surface area contributed by atoms with E-state index >= 15 is 0 Å². The molecule has 38 heavy (non-hydrogen) atoms. The minimum absolute atomic E-state index is 0.277. The summed E-state index contributed by atoms with van der Waals surface area (Å²) < 4.78 is 3.39. The lowest BCUT2D eigenvalue weighted by atomic mass is 9.85. The highest BCUT2D eigenvalue weighted by Gasteiger charge is 2.33. The molecule has 11 heteroatoms. The van der Waals surface area contributed by atoms with Crippen LogP contribution in [0.15, 0.2) is 61.6 Å². The molecular weight excluding hydrogens is 490 g/mol. The number of hydrogen-bond donors (Lipinski definition) is 3. The minimum Gasteiger partial charge on any atom is -0.494 e. The molecule has 0 radical (unpaired) electrons. The summed E-state index contributed by atoms with van der Waals surface area (Å²) in [7, 11) is 5.08. The summed E-state index contributed by atoms with van der Waals surface area (Å²) >= 11 is 0. The van der Waals surface area contributed by atoms with Crippen LogP contribution in [0.3, 0.4) is 0 Å². The number of benzene rings is 2. The Balaban J connectivity index is 0.000000732. The molecule has 11 nitrogen and oxygen atoms in total. The first kappa shape index (κ1) is 28.2. The molecule has 0 aliphatic carbocycles. The largest absolute Gasteiger partial charge is 0.494 e. The van der Waals surface area contributed by atoms with Crippen molar-refractivity contribution in [3.05, 3.63) is 101 Å². The van der Waals surface area contributed by atoms with E-state index in [1.54, 1.807) is 18.2 Å². The fourth-order valence-electron chi connectivity index (χ4n) is 4.34. The summed E-state index contributed by atoms with van der Waals surface area (Å²) in [5, 5.41) is 26.5. The Morgan fingerprint density at radius 1 is 0.684 bits per heavy atom. The zero-order valence-corrected chi connectivity index (χ0v) is 22.3. The van der Waals surface area contributed by atoms with Gasteiger partial charge in [0.2, 0.25) is 11.8 Å². The zero-order chi connectivity index (χ0) is 28.3. The highest BCUT2D eigenvalue weighted by molar-refractivity contribution is 5.83. The second kappa shape index (κ2) is 11.3. The van der Waals surface area contributed by atoms with E-state index in [1.807, 2.05) is 24.3 Å². The zero-order valence-electron chi connectivity index (χ0n) is 22.3. The van der Waals surface area contributed by atoms with Crippen LogP contribution < -0.4 is 27.8 Å². The molecule has 0 amide bonds. The predicted octanol–water partition coefficient (Wildman–Crippen LogP) is 0.842. The van der Waals surface area contributed by atoms with Crippen molar-refractivity contribution in [2.24, 2.45) is 28.2 Å². The molecule has 2 aromatic carbocycles. The first-order valence-corrected chi connectivity index (χ1v) is 12.1. The Hall–Kier alpha value is -4.38. The average Bonchev–Trinajstić information content (AvgIpc) is 2.92. The van der Waals surface area contributed by atoms with Gasteiger partial charge in [-0.15, -0.1) is 0 Å². The van der Waals surface area contributed by atoms with Gasteiger partial charge in [0.25, 0.3) is 11.1 Å². The molecule has 4 aromatic rings. The highest BCUT2D eigenvalue weighted by Crippen LogP contribution is 2.36. The van der Waals surface area contributed by atoms with E-state index in [9.17, 15) is 29.4 Å². The molecule has 0 saturated heterocycles. The Morgan fingerprint density at radius 2 is 1.13 bits per heavy atom. The summed E-state index contributed by atoms with van der Waals surface area (Å²) in [4.78, 5) is 51.1. The summed E-state index contributed by atoms with van der Waals surface area (Å²) in [6, 6.07) is 12.6. The Morgan fingerprint density at radius 3 is 1.55 bits per heavy atom. The smallest absolute Gasteiger partial charge is 0.333 e. The monoisotopic (exact) mass is 523 g/mol. The summed E-state index contributed by atoms with van der Waals surface area (Å²) in [6.07, 6.45) is 0. The van der Waals surface area contributed by atoms with E-state index in [0.717, 1.165) is 42.1 Å². The van der Waals surface area contributed by atoms with Crippen LogP contribution in [-0.2, 0) is 28.2 Å². The fourth-order valence-corrected chi connectivity index (χ4v) is 4.34. The lowest BCUT2D eigenvalue weighted by molar-refractivity contribution is 0.391. The SMILES string of the molecule is CCNCC.Cn1c(O)c(C(c2ccc3ccccc3c2)c2c(O)n(C)c(=O)n(C)c2=O)c(=O)n(C)c1=O. The third-order valence-electron chi connectivity index (χ3n) is 6.52. The van der Waals surface area contributed by atoms with E-state index in [4.69, 9.17) is 0 Å². The van der Waals surface area contributed by atoms with Crippen molar-refractivity contribution in [3.63, 3.8) is 0 Å². The van der Waals surface area contributed by atoms with Crippen LogP contribution in [0.4, 0.5) is 0 Å². The molecule has 2 heterocycles. The third kappa shape index (κ3) is 4.92. The van der Waals surface area contributed by atoms with Crippen LogP contribution >= 0.6 is 0 Å². The standard InChI is InChI=1S/C23H22N4O6.C4H11N/c1-24-18(28)16(19(29)25(2)22(24)32)15(14-10-9-12-7-5-6-8-13(12)11-14)17-20(30)26(3)23(33)27(4)21(17)31;1-3-5-4-2/h5-11,15,28,30H,1-4H3;5H,3-4H2,1-2H3. The summed E-state index contributed by atoms with van der Waals surface area (Å²) in [5.74, 6) is -2.56. The van der Waals surface area contributed by atoms with Gasteiger partial charge in [0.05, 0.1) is 17.0 Å². The Labute approximate surface area is 218 Å². The van der Waals surface area contributed by atoms with Crippen molar-refractivity contribution >= 4 is 10.8 Å². The molecular formula is C27H33N5O6. The number of nitrogens with one attached hydrogen (secondary N) is 1. The normalized spacial score (nSPS) is 11.0. The van der Waals surface area contributed by atoms with Crippen LogP contribution in [0, 0.1) is 0 Å². The number of fused-ring (bicyclic) bond motifs is 1. The van der Waals surface area contributed by atoms with Gasteiger partial charge in [-0.05, 0) is 29.4 Å². The molecule has 3 N–H and O–H groups in total. The van der Waals surface area contributed by atoms with Gasteiger partial charge < -0.3 is 15.5 Å².